The van der Waals surface area contributed by atoms with Crippen LogP contribution in [0.4, 0.5) is 4.39 Å². The van der Waals surface area contributed by atoms with Crippen LogP contribution in [0.1, 0.15) is 20.8 Å². The molecular formula is C11H8FN3O2. The molecule has 2 aromatic heterocycles. The predicted molar refractivity (Wildman–Crippen MR) is 57.2 cm³/mol. The first-order valence-corrected chi connectivity index (χ1v) is 4.76. The summed E-state index contributed by atoms with van der Waals surface area (Å²) in [7, 11) is 1.57. The van der Waals surface area contributed by atoms with Gasteiger partial charge in [0.15, 0.2) is 18.4 Å². The van der Waals surface area contributed by atoms with Crippen molar-refractivity contribution in [2.75, 3.05) is 0 Å². The van der Waals surface area contributed by atoms with Crippen molar-refractivity contribution in [3.05, 3.63) is 35.4 Å². The number of rotatable bonds is 3. The number of aromatic nitrogens is 3. The van der Waals surface area contributed by atoms with E-state index in [-0.39, 0.29) is 17.0 Å². The van der Waals surface area contributed by atoms with Crippen molar-refractivity contribution in [3.8, 4) is 11.4 Å². The molecule has 0 aromatic carbocycles. The van der Waals surface area contributed by atoms with Crippen molar-refractivity contribution in [1.29, 1.82) is 0 Å². The minimum atomic E-state index is -0.648. The van der Waals surface area contributed by atoms with Crippen LogP contribution >= 0.6 is 0 Å². The summed E-state index contributed by atoms with van der Waals surface area (Å²) in [6, 6.07) is 2.50. The second kappa shape index (κ2) is 4.25. The van der Waals surface area contributed by atoms with Gasteiger partial charge in [0.1, 0.15) is 17.1 Å². The molecule has 0 radical (unpaired) electrons. The van der Waals surface area contributed by atoms with Gasteiger partial charge in [0, 0.05) is 18.8 Å². The van der Waals surface area contributed by atoms with Crippen molar-refractivity contribution < 1.29 is 14.0 Å². The highest BCUT2D eigenvalue weighted by molar-refractivity contribution is 5.77. The molecule has 2 aromatic rings. The van der Waals surface area contributed by atoms with E-state index in [9.17, 15) is 14.0 Å². The fourth-order valence-electron chi connectivity index (χ4n) is 1.41. The fraction of sp³-hybridized carbons (Fsp3) is 0.0909. The average Bonchev–Trinajstić information content (AvgIpc) is 2.70. The van der Waals surface area contributed by atoms with E-state index in [2.05, 4.69) is 10.1 Å². The number of hydrogen-bond acceptors (Lipinski definition) is 4. The van der Waals surface area contributed by atoms with Crippen molar-refractivity contribution in [1.82, 2.24) is 14.8 Å². The van der Waals surface area contributed by atoms with E-state index in [4.69, 9.17) is 0 Å². The summed E-state index contributed by atoms with van der Waals surface area (Å²) >= 11 is 0. The third kappa shape index (κ3) is 1.96. The molecule has 0 spiro atoms. The Labute approximate surface area is 95.9 Å². The maximum absolute atomic E-state index is 13.6. The molecule has 86 valence electrons. The smallest absolute Gasteiger partial charge is 0.168 e. The van der Waals surface area contributed by atoms with Gasteiger partial charge in [0.2, 0.25) is 0 Å². The lowest BCUT2D eigenvalue weighted by Crippen LogP contribution is -1.97. The van der Waals surface area contributed by atoms with Gasteiger partial charge in [-0.05, 0) is 12.1 Å². The predicted octanol–water partition coefficient (Wildman–Crippen LogP) is 1.25. The first kappa shape index (κ1) is 11.1. The molecule has 0 aliphatic rings. The molecule has 0 unspecified atom stereocenters. The molecule has 0 bridgehead atoms. The maximum atomic E-state index is 13.6. The monoisotopic (exact) mass is 233 g/mol. The highest BCUT2D eigenvalue weighted by Crippen LogP contribution is 2.19. The van der Waals surface area contributed by atoms with Crippen LogP contribution in [0, 0.1) is 5.82 Å². The maximum Gasteiger partial charge on any atom is 0.168 e. The molecule has 0 atom stereocenters. The van der Waals surface area contributed by atoms with Crippen LogP contribution in [0.25, 0.3) is 11.4 Å². The second-order valence-corrected chi connectivity index (χ2v) is 3.41. The zero-order valence-corrected chi connectivity index (χ0v) is 8.92. The van der Waals surface area contributed by atoms with E-state index in [1.54, 1.807) is 7.05 Å². The Hall–Kier alpha value is -2.37. The van der Waals surface area contributed by atoms with E-state index < -0.39 is 5.82 Å². The largest absolute Gasteiger partial charge is 0.298 e. The van der Waals surface area contributed by atoms with Crippen molar-refractivity contribution in [3.63, 3.8) is 0 Å². The third-order valence-corrected chi connectivity index (χ3v) is 2.28. The Kier molecular flexibility index (Phi) is 2.78. The Morgan fingerprint density at radius 3 is 2.59 bits per heavy atom. The summed E-state index contributed by atoms with van der Waals surface area (Å²) in [6.45, 7) is 0. The lowest BCUT2D eigenvalue weighted by Gasteiger charge is -1.98. The number of pyridine rings is 1. The van der Waals surface area contributed by atoms with Crippen molar-refractivity contribution in [2.45, 2.75) is 0 Å². The van der Waals surface area contributed by atoms with Gasteiger partial charge >= 0.3 is 0 Å². The molecule has 6 heteroatoms. The van der Waals surface area contributed by atoms with Gasteiger partial charge in [-0.3, -0.25) is 19.3 Å². The molecule has 0 aliphatic heterocycles. The van der Waals surface area contributed by atoms with Gasteiger partial charge in [0.25, 0.3) is 0 Å². The zero-order chi connectivity index (χ0) is 12.4. The molecule has 5 nitrogen and oxygen atoms in total. The zero-order valence-electron chi connectivity index (χ0n) is 8.92. The van der Waals surface area contributed by atoms with E-state index in [1.165, 1.54) is 16.9 Å². The normalized spacial score (nSPS) is 10.2. The lowest BCUT2D eigenvalue weighted by molar-refractivity contribution is 0.111. The number of halogens is 1. The van der Waals surface area contributed by atoms with Crippen LogP contribution in [0.2, 0.25) is 0 Å². The molecule has 0 aliphatic carbocycles. The van der Waals surface area contributed by atoms with Gasteiger partial charge in [-0.2, -0.15) is 5.10 Å². The standard InChI is InChI=1S/C11H8FN3O2/c1-15-8(6-17)3-10(14-15)11-9(12)2-7(5-16)4-13-11/h2-6H,1H3. The summed E-state index contributed by atoms with van der Waals surface area (Å²) in [6.07, 6.45) is 2.38. The van der Waals surface area contributed by atoms with Crippen LogP contribution in [0.15, 0.2) is 18.3 Å². The van der Waals surface area contributed by atoms with E-state index in [0.29, 0.717) is 18.3 Å². The molecule has 2 heterocycles. The van der Waals surface area contributed by atoms with Crippen molar-refractivity contribution in [2.24, 2.45) is 7.05 Å². The molecule has 0 N–H and O–H groups in total. The average molecular weight is 233 g/mol. The van der Waals surface area contributed by atoms with Gasteiger partial charge < -0.3 is 0 Å². The van der Waals surface area contributed by atoms with E-state index in [1.807, 2.05) is 0 Å². The molecule has 0 amide bonds. The number of carbonyl (C=O) groups excluding carboxylic acids is 2. The van der Waals surface area contributed by atoms with Crippen LogP contribution < -0.4 is 0 Å². The third-order valence-electron chi connectivity index (χ3n) is 2.28. The fourth-order valence-corrected chi connectivity index (χ4v) is 1.41. The Morgan fingerprint density at radius 1 is 1.29 bits per heavy atom. The summed E-state index contributed by atoms with van der Waals surface area (Å²) in [5.41, 5.74) is 0.738. The lowest BCUT2D eigenvalue weighted by atomic mass is 10.2. The Bertz CT molecular complexity index is 592. The highest BCUT2D eigenvalue weighted by Gasteiger charge is 2.12. The van der Waals surface area contributed by atoms with Gasteiger partial charge in [-0.1, -0.05) is 0 Å². The van der Waals surface area contributed by atoms with Gasteiger partial charge in [-0.15, -0.1) is 0 Å². The Balaban J connectivity index is 2.52. The number of hydrogen-bond donors (Lipinski definition) is 0. The summed E-state index contributed by atoms with van der Waals surface area (Å²) in [5.74, 6) is -0.648. The summed E-state index contributed by atoms with van der Waals surface area (Å²) in [4.78, 5) is 24.9. The molecular weight excluding hydrogens is 225 g/mol. The Morgan fingerprint density at radius 2 is 2.06 bits per heavy atom. The topological polar surface area (TPSA) is 64.8 Å². The number of aldehydes is 2. The quantitative estimate of drug-likeness (QED) is 0.748. The molecule has 0 saturated heterocycles. The first-order valence-electron chi connectivity index (χ1n) is 4.76. The molecule has 17 heavy (non-hydrogen) atoms. The molecule has 0 fully saturated rings. The van der Waals surface area contributed by atoms with Gasteiger partial charge in [0.05, 0.1) is 0 Å². The van der Waals surface area contributed by atoms with Crippen LogP contribution in [-0.4, -0.2) is 27.3 Å². The van der Waals surface area contributed by atoms with E-state index >= 15 is 0 Å². The number of carbonyl (C=O) groups is 2. The van der Waals surface area contributed by atoms with E-state index in [0.717, 1.165) is 6.07 Å². The van der Waals surface area contributed by atoms with Crippen molar-refractivity contribution >= 4 is 12.6 Å². The van der Waals surface area contributed by atoms with Gasteiger partial charge in [-0.25, -0.2) is 4.39 Å². The molecule has 2 rings (SSSR count). The minimum Gasteiger partial charge on any atom is -0.298 e. The molecule has 0 saturated carbocycles. The van der Waals surface area contributed by atoms with Crippen LogP contribution in [0.5, 0.6) is 0 Å². The van der Waals surface area contributed by atoms with Crippen LogP contribution in [-0.2, 0) is 7.05 Å². The summed E-state index contributed by atoms with van der Waals surface area (Å²) < 4.78 is 14.9. The van der Waals surface area contributed by atoms with Crippen LogP contribution in [0.3, 0.4) is 0 Å². The number of aryl methyl sites for hydroxylation is 1. The minimum absolute atomic E-state index is 0.0132. The number of nitrogens with zero attached hydrogens (tertiary/aromatic N) is 3. The summed E-state index contributed by atoms with van der Waals surface area (Å²) in [5, 5.41) is 3.96. The first-order chi connectivity index (χ1) is 8.15. The second-order valence-electron chi connectivity index (χ2n) is 3.41. The highest BCUT2D eigenvalue weighted by atomic mass is 19.1. The SMILES string of the molecule is Cn1nc(-c2ncc(C=O)cc2F)cc1C=O.